The van der Waals surface area contributed by atoms with Crippen LogP contribution < -0.4 is 10.6 Å². The largest absolute Gasteiger partial charge is 0.351 e. The van der Waals surface area contributed by atoms with Crippen LogP contribution in [0, 0.1) is 0 Å². The first kappa shape index (κ1) is 13.9. The summed E-state index contributed by atoms with van der Waals surface area (Å²) in [6.45, 7) is 8.86. The minimum absolute atomic E-state index is 0.0134. The van der Waals surface area contributed by atoms with E-state index in [2.05, 4.69) is 35.6 Å². The summed E-state index contributed by atoms with van der Waals surface area (Å²) in [6.07, 6.45) is 2.72. The zero-order chi connectivity index (χ0) is 12.7. The van der Waals surface area contributed by atoms with E-state index in [1.807, 2.05) is 6.92 Å². The SMILES string of the molecule is C=CCNC(=O)C(C)NCc1sccc1CC. The molecule has 0 saturated heterocycles. The van der Waals surface area contributed by atoms with Gasteiger partial charge < -0.3 is 10.6 Å². The molecule has 1 unspecified atom stereocenters. The Morgan fingerprint density at radius 2 is 2.41 bits per heavy atom. The predicted octanol–water partition coefficient (Wildman–Crippen LogP) is 2.09. The molecule has 1 amide bonds. The second-order valence-corrected chi connectivity index (χ2v) is 4.86. The third-order valence-electron chi connectivity index (χ3n) is 2.60. The topological polar surface area (TPSA) is 41.1 Å². The van der Waals surface area contributed by atoms with Crippen LogP contribution in [0.15, 0.2) is 24.1 Å². The van der Waals surface area contributed by atoms with E-state index in [1.165, 1.54) is 10.4 Å². The van der Waals surface area contributed by atoms with Crippen LogP contribution in [-0.2, 0) is 17.8 Å². The van der Waals surface area contributed by atoms with Crippen molar-refractivity contribution in [3.05, 3.63) is 34.5 Å². The number of nitrogens with one attached hydrogen (secondary N) is 2. The third-order valence-corrected chi connectivity index (χ3v) is 3.56. The first-order valence-electron chi connectivity index (χ1n) is 5.86. The maximum Gasteiger partial charge on any atom is 0.237 e. The Bertz CT molecular complexity index is 373. The molecule has 2 N–H and O–H groups in total. The van der Waals surface area contributed by atoms with Gasteiger partial charge in [-0.3, -0.25) is 4.79 Å². The van der Waals surface area contributed by atoms with Gasteiger partial charge in [0.05, 0.1) is 6.04 Å². The molecule has 1 aromatic heterocycles. The molecule has 0 aromatic carbocycles. The lowest BCUT2D eigenvalue weighted by molar-refractivity contribution is -0.122. The van der Waals surface area contributed by atoms with Gasteiger partial charge in [0.25, 0.3) is 0 Å². The lowest BCUT2D eigenvalue weighted by Gasteiger charge is -2.13. The van der Waals surface area contributed by atoms with Crippen molar-refractivity contribution >= 4 is 17.2 Å². The summed E-state index contributed by atoms with van der Waals surface area (Å²) < 4.78 is 0. The zero-order valence-corrected chi connectivity index (χ0v) is 11.3. The fourth-order valence-corrected chi connectivity index (χ4v) is 2.43. The molecule has 0 radical (unpaired) electrons. The molecule has 1 aromatic rings. The molecule has 0 aliphatic carbocycles. The van der Waals surface area contributed by atoms with Gasteiger partial charge in [-0.25, -0.2) is 0 Å². The number of hydrogen-bond acceptors (Lipinski definition) is 3. The summed E-state index contributed by atoms with van der Waals surface area (Å²) in [5, 5.41) is 8.10. The molecule has 3 nitrogen and oxygen atoms in total. The Kier molecular flexibility index (Phi) is 5.94. The number of aryl methyl sites for hydroxylation is 1. The molecule has 94 valence electrons. The van der Waals surface area contributed by atoms with E-state index < -0.39 is 0 Å². The van der Waals surface area contributed by atoms with Gasteiger partial charge >= 0.3 is 0 Å². The Labute approximate surface area is 107 Å². The van der Waals surface area contributed by atoms with Crippen molar-refractivity contribution in [2.75, 3.05) is 6.54 Å². The Hall–Kier alpha value is -1.13. The van der Waals surface area contributed by atoms with E-state index in [9.17, 15) is 4.79 Å². The van der Waals surface area contributed by atoms with Gasteiger partial charge in [-0.15, -0.1) is 17.9 Å². The van der Waals surface area contributed by atoms with Crippen molar-refractivity contribution in [2.24, 2.45) is 0 Å². The fourth-order valence-electron chi connectivity index (χ4n) is 1.50. The lowest BCUT2D eigenvalue weighted by atomic mass is 10.2. The normalized spacial score (nSPS) is 12.1. The average molecular weight is 252 g/mol. The molecule has 0 saturated carbocycles. The molecule has 1 rings (SSSR count). The predicted molar refractivity (Wildman–Crippen MR) is 73.2 cm³/mol. The second-order valence-electron chi connectivity index (χ2n) is 3.86. The van der Waals surface area contributed by atoms with Crippen LogP contribution in [-0.4, -0.2) is 18.5 Å². The summed E-state index contributed by atoms with van der Waals surface area (Å²) in [5.74, 6) is 0.0134. The van der Waals surface area contributed by atoms with Crippen LogP contribution in [0.4, 0.5) is 0 Å². The minimum Gasteiger partial charge on any atom is -0.351 e. The van der Waals surface area contributed by atoms with E-state index in [4.69, 9.17) is 0 Å². The number of hydrogen-bond donors (Lipinski definition) is 2. The first-order valence-corrected chi connectivity index (χ1v) is 6.74. The van der Waals surface area contributed by atoms with Gasteiger partial charge in [-0.2, -0.15) is 0 Å². The van der Waals surface area contributed by atoms with E-state index in [0.29, 0.717) is 6.54 Å². The molecule has 0 bridgehead atoms. The molecule has 1 heterocycles. The molecular weight excluding hydrogens is 232 g/mol. The van der Waals surface area contributed by atoms with Crippen molar-refractivity contribution in [2.45, 2.75) is 32.9 Å². The monoisotopic (exact) mass is 252 g/mol. The molecule has 0 aliphatic rings. The first-order chi connectivity index (χ1) is 8.19. The van der Waals surface area contributed by atoms with Crippen LogP contribution >= 0.6 is 11.3 Å². The Morgan fingerprint density at radius 1 is 1.65 bits per heavy atom. The van der Waals surface area contributed by atoms with Crippen LogP contribution in [0.1, 0.15) is 24.3 Å². The van der Waals surface area contributed by atoms with Crippen molar-refractivity contribution < 1.29 is 4.79 Å². The number of carbonyl (C=O) groups is 1. The second kappa shape index (κ2) is 7.25. The number of thiophene rings is 1. The van der Waals surface area contributed by atoms with Crippen molar-refractivity contribution in [1.29, 1.82) is 0 Å². The smallest absolute Gasteiger partial charge is 0.237 e. The Morgan fingerprint density at radius 3 is 3.06 bits per heavy atom. The maximum absolute atomic E-state index is 11.6. The quantitative estimate of drug-likeness (QED) is 0.730. The van der Waals surface area contributed by atoms with Crippen molar-refractivity contribution in [3.63, 3.8) is 0 Å². The van der Waals surface area contributed by atoms with Crippen LogP contribution in [0.5, 0.6) is 0 Å². The van der Waals surface area contributed by atoms with Gasteiger partial charge in [0.1, 0.15) is 0 Å². The Balaban J connectivity index is 2.39. The van der Waals surface area contributed by atoms with Gasteiger partial charge in [-0.1, -0.05) is 13.0 Å². The highest BCUT2D eigenvalue weighted by Crippen LogP contribution is 2.16. The standard InChI is InChI=1S/C13H20N2OS/c1-4-7-14-13(16)10(3)15-9-12-11(5-2)6-8-17-12/h4,6,8,10,15H,1,5,7,9H2,2-3H3,(H,14,16). The van der Waals surface area contributed by atoms with Gasteiger partial charge in [0, 0.05) is 18.0 Å². The van der Waals surface area contributed by atoms with E-state index >= 15 is 0 Å². The molecule has 0 spiro atoms. The molecular formula is C13H20N2OS. The highest BCUT2D eigenvalue weighted by Gasteiger charge is 2.11. The van der Waals surface area contributed by atoms with Crippen molar-refractivity contribution in [1.82, 2.24) is 10.6 Å². The van der Waals surface area contributed by atoms with E-state index in [1.54, 1.807) is 17.4 Å². The number of carbonyl (C=O) groups excluding carboxylic acids is 1. The lowest BCUT2D eigenvalue weighted by Crippen LogP contribution is -2.41. The number of amides is 1. The molecule has 0 aliphatic heterocycles. The summed E-state index contributed by atoms with van der Waals surface area (Å²) in [6, 6.07) is 1.96. The molecule has 0 fully saturated rings. The van der Waals surface area contributed by atoms with Gasteiger partial charge in [-0.05, 0) is 30.4 Å². The summed E-state index contributed by atoms with van der Waals surface area (Å²) >= 11 is 1.74. The van der Waals surface area contributed by atoms with Gasteiger partial charge in [0.15, 0.2) is 0 Å². The highest BCUT2D eigenvalue weighted by molar-refractivity contribution is 7.10. The molecule has 1 atom stereocenters. The van der Waals surface area contributed by atoms with E-state index in [-0.39, 0.29) is 11.9 Å². The van der Waals surface area contributed by atoms with Crippen molar-refractivity contribution in [3.8, 4) is 0 Å². The van der Waals surface area contributed by atoms with Crippen LogP contribution in [0.2, 0.25) is 0 Å². The summed E-state index contributed by atoms with van der Waals surface area (Å²) in [7, 11) is 0. The van der Waals surface area contributed by atoms with Crippen LogP contribution in [0.3, 0.4) is 0 Å². The third kappa shape index (κ3) is 4.32. The highest BCUT2D eigenvalue weighted by atomic mass is 32.1. The zero-order valence-electron chi connectivity index (χ0n) is 10.5. The van der Waals surface area contributed by atoms with E-state index in [0.717, 1.165) is 13.0 Å². The fraction of sp³-hybridized carbons (Fsp3) is 0.462. The average Bonchev–Trinajstić information content (AvgIpc) is 2.80. The molecule has 4 heteroatoms. The summed E-state index contributed by atoms with van der Waals surface area (Å²) in [4.78, 5) is 12.9. The number of rotatable bonds is 7. The summed E-state index contributed by atoms with van der Waals surface area (Å²) in [5.41, 5.74) is 1.36. The van der Waals surface area contributed by atoms with Gasteiger partial charge in [0.2, 0.25) is 5.91 Å². The minimum atomic E-state index is -0.179. The van der Waals surface area contributed by atoms with Crippen LogP contribution in [0.25, 0.3) is 0 Å². The molecule has 17 heavy (non-hydrogen) atoms. The maximum atomic E-state index is 11.6.